The van der Waals surface area contributed by atoms with Crippen LogP contribution in [0.5, 0.6) is 0 Å². The molecule has 226 valence electrons. The SMILES string of the molecule is c1ccc(-c2nc(-n3c4ccccc4c4c5c6ccccc6n6c7cc8ccccc8cc7c(cc43)c56)nc3c2oc2ccccc23)cc1. The van der Waals surface area contributed by atoms with E-state index in [2.05, 4.69) is 118 Å². The molecule has 12 aromatic rings. The molecule has 0 radical (unpaired) electrons. The highest BCUT2D eigenvalue weighted by Gasteiger charge is 2.26. The van der Waals surface area contributed by atoms with E-state index in [9.17, 15) is 0 Å². The van der Waals surface area contributed by atoms with Crippen LogP contribution in [0.2, 0.25) is 0 Å². The predicted octanol–water partition coefficient (Wildman–Crippen LogP) is 11.4. The smallest absolute Gasteiger partial charge is 0.236 e. The van der Waals surface area contributed by atoms with Gasteiger partial charge < -0.3 is 8.82 Å². The lowest BCUT2D eigenvalue weighted by Gasteiger charge is -2.09. The van der Waals surface area contributed by atoms with Crippen LogP contribution >= 0.6 is 0 Å². The molecule has 12 rings (SSSR count). The van der Waals surface area contributed by atoms with Crippen molar-refractivity contribution in [2.24, 2.45) is 0 Å². The monoisotopic (exact) mass is 624 g/mol. The van der Waals surface area contributed by atoms with Gasteiger partial charge in [0.15, 0.2) is 5.58 Å². The van der Waals surface area contributed by atoms with Gasteiger partial charge in [-0.05, 0) is 53.2 Å². The predicted molar refractivity (Wildman–Crippen MR) is 201 cm³/mol. The third-order valence-corrected chi connectivity index (χ3v) is 10.4. The van der Waals surface area contributed by atoms with Gasteiger partial charge in [0.1, 0.15) is 16.8 Å². The first-order chi connectivity index (χ1) is 24.3. The second-order valence-corrected chi connectivity index (χ2v) is 13.0. The summed E-state index contributed by atoms with van der Waals surface area (Å²) in [6.45, 7) is 0. The van der Waals surface area contributed by atoms with Crippen LogP contribution in [-0.2, 0) is 0 Å². The molecule has 0 aliphatic carbocycles. The fourth-order valence-electron chi connectivity index (χ4n) is 8.38. The van der Waals surface area contributed by atoms with E-state index in [-0.39, 0.29) is 0 Å². The standard InChI is InChI=1S/C44H24N4O/c1-2-12-25(13-3-1)40-43-41(30-18-8-11-21-37(30)49-43)46-44(45-40)48-34-20-10-6-16-28(34)38-36(48)24-32-31-22-26-14-4-5-15-27(26)23-35(31)47-33-19-9-7-17-29(33)39(38)42(32)47/h1-24H. The number of benzene rings is 7. The van der Waals surface area contributed by atoms with Gasteiger partial charge in [-0.15, -0.1) is 0 Å². The average Bonchev–Trinajstić information content (AvgIpc) is 3.89. The van der Waals surface area contributed by atoms with Gasteiger partial charge in [0.25, 0.3) is 0 Å². The van der Waals surface area contributed by atoms with Gasteiger partial charge in [-0.3, -0.25) is 4.57 Å². The molecule has 5 heterocycles. The molecule has 7 aromatic carbocycles. The Kier molecular flexibility index (Phi) is 4.66. The largest absolute Gasteiger partial charge is 0.452 e. The minimum atomic E-state index is 0.621. The number of nitrogens with zero attached hydrogens (tertiary/aromatic N) is 4. The van der Waals surface area contributed by atoms with E-state index in [0.717, 1.165) is 38.8 Å². The van der Waals surface area contributed by atoms with Crippen LogP contribution in [0.25, 0.3) is 110 Å². The van der Waals surface area contributed by atoms with E-state index >= 15 is 0 Å². The van der Waals surface area contributed by atoms with E-state index in [4.69, 9.17) is 14.4 Å². The maximum atomic E-state index is 6.46. The molecule has 0 atom stereocenters. The fraction of sp³-hybridized carbons (Fsp3) is 0. The molecular formula is C44H24N4O. The number of rotatable bonds is 2. The zero-order valence-electron chi connectivity index (χ0n) is 26.1. The lowest BCUT2D eigenvalue weighted by molar-refractivity contribution is 0.666. The molecule has 5 heteroatoms. The van der Waals surface area contributed by atoms with Gasteiger partial charge in [0, 0.05) is 43.3 Å². The summed E-state index contributed by atoms with van der Waals surface area (Å²) in [5.74, 6) is 0.621. The molecule has 0 unspecified atom stereocenters. The summed E-state index contributed by atoms with van der Waals surface area (Å²) in [5, 5.41) is 10.8. The summed E-state index contributed by atoms with van der Waals surface area (Å²) in [4.78, 5) is 10.7. The molecule has 0 aliphatic heterocycles. The summed E-state index contributed by atoms with van der Waals surface area (Å²) < 4.78 is 11.2. The minimum Gasteiger partial charge on any atom is -0.452 e. The first kappa shape index (κ1) is 25.4. The van der Waals surface area contributed by atoms with Crippen LogP contribution < -0.4 is 0 Å². The van der Waals surface area contributed by atoms with Crippen molar-refractivity contribution in [1.82, 2.24) is 18.9 Å². The Hall–Kier alpha value is -6.72. The molecule has 0 N–H and O–H groups in total. The molecule has 0 bridgehead atoms. The molecule has 0 saturated carbocycles. The Morgan fingerprint density at radius 3 is 1.98 bits per heavy atom. The number of para-hydroxylation sites is 3. The molecule has 5 nitrogen and oxygen atoms in total. The highest BCUT2D eigenvalue weighted by molar-refractivity contribution is 6.36. The number of hydrogen-bond donors (Lipinski definition) is 0. The molecule has 0 amide bonds. The van der Waals surface area contributed by atoms with Crippen molar-refractivity contribution in [3.05, 3.63) is 146 Å². The van der Waals surface area contributed by atoms with Gasteiger partial charge in [0.05, 0.1) is 27.6 Å². The van der Waals surface area contributed by atoms with Crippen LogP contribution in [-0.4, -0.2) is 18.9 Å². The van der Waals surface area contributed by atoms with Crippen molar-refractivity contribution in [2.75, 3.05) is 0 Å². The molecule has 0 spiro atoms. The molecular weight excluding hydrogens is 601 g/mol. The summed E-state index contributed by atoms with van der Waals surface area (Å²) in [7, 11) is 0. The van der Waals surface area contributed by atoms with E-state index in [0.29, 0.717) is 11.5 Å². The summed E-state index contributed by atoms with van der Waals surface area (Å²) >= 11 is 0. The normalized spacial score (nSPS) is 12.5. The van der Waals surface area contributed by atoms with Crippen LogP contribution in [0.1, 0.15) is 0 Å². The molecule has 49 heavy (non-hydrogen) atoms. The fourth-order valence-corrected chi connectivity index (χ4v) is 8.38. The second-order valence-electron chi connectivity index (χ2n) is 13.0. The highest BCUT2D eigenvalue weighted by atomic mass is 16.3. The quantitative estimate of drug-likeness (QED) is 0.192. The maximum Gasteiger partial charge on any atom is 0.236 e. The third kappa shape index (κ3) is 3.19. The third-order valence-electron chi connectivity index (χ3n) is 10.4. The molecule has 5 aromatic heterocycles. The van der Waals surface area contributed by atoms with Crippen molar-refractivity contribution < 1.29 is 4.42 Å². The van der Waals surface area contributed by atoms with Gasteiger partial charge in [-0.25, -0.2) is 9.97 Å². The highest BCUT2D eigenvalue weighted by Crippen LogP contribution is 2.47. The van der Waals surface area contributed by atoms with Crippen LogP contribution in [0, 0.1) is 0 Å². The van der Waals surface area contributed by atoms with E-state index < -0.39 is 0 Å². The first-order valence-electron chi connectivity index (χ1n) is 16.6. The van der Waals surface area contributed by atoms with E-state index in [1.165, 1.54) is 59.6 Å². The Labute approximate surface area is 278 Å². The zero-order valence-corrected chi connectivity index (χ0v) is 26.1. The van der Waals surface area contributed by atoms with Gasteiger partial charge in [-0.1, -0.05) is 103 Å². The maximum absolute atomic E-state index is 6.46. The summed E-state index contributed by atoms with van der Waals surface area (Å²) in [6, 6.07) is 51.6. The molecule has 0 fully saturated rings. The van der Waals surface area contributed by atoms with Gasteiger partial charge in [-0.2, -0.15) is 0 Å². The topological polar surface area (TPSA) is 48.3 Å². The van der Waals surface area contributed by atoms with Gasteiger partial charge in [0.2, 0.25) is 5.95 Å². The van der Waals surface area contributed by atoms with Crippen molar-refractivity contribution in [3.63, 3.8) is 0 Å². The van der Waals surface area contributed by atoms with E-state index in [1.807, 2.05) is 36.4 Å². The second kappa shape index (κ2) is 9.00. The minimum absolute atomic E-state index is 0.621. The number of aromatic nitrogens is 4. The Balaban J connectivity index is 1.31. The Bertz CT molecular complexity index is 3330. The van der Waals surface area contributed by atoms with Crippen molar-refractivity contribution in [2.45, 2.75) is 0 Å². The van der Waals surface area contributed by atoms with Crippen LogP contribution in [0.3, 0.4) is 0 Å². The Morgan fingerprint density at radius 2 is 1.14 bits per heavy atom. The van der Waals surface area contributed by atoms with E-state index in [1.54, 1.807) is 0 Å². The van der Waals surface area contributed by atoms with Crippen LogP contribution in [0.15, 0.2) is 150 Å². The van der Waals surface area contributed by atoms with Gasteiger partial charge >= 0.3 is 0 Å². The van der Waals surface area contributed by atoms with Crippen LogP contribution in [0.4, 0.5) is 0 Å². The molecule has 0 aliphatic rings. The first-order valence-corrected chi connectivity index (χ1v) is 16.6. The average molecular weight is 625 g/mol. The number of furan rings is 1. The lowest BCUT2D eigenvalue weighted by Crippen LogP contribution is -2.02. The summed E-state index contributed by atoms with van der Waals surface area (Å²) in [6.07, 6.45) is 0. The van der Waals surface area contributed by atoms with Crippen molar-refractivity contribution >= 4 is 92.7 Å². The lowest BCUT2D eigenvalue weighted by atomic mass is 10.0. The zero-order chi connectivity index (χ0) is 31.8. The summed E-state index contributed by atoms with van der Waals surface area (Å²) in [5.41, 5.74) is 9.91. The number of fused-ring (bicyclic) bond motifs is 14. The number of hydrogen-bond acceptors (Lipinski definition) is 3. The Morgan fingerprint density at radius 1 is 0.469 bits per heavy atom. The van der Waals surface area contributed by atoms with Crippen molar-refractivity contribution in [1.29, 1.82) is 0 Å². The molecule has 0 saturated heterocycles. The van der Waals surface area contributed by atoms with Crippen molar-refractivity contribution in [3.8, 4) is 17.2 Å².